The highest BCUT2D eigenvalue weighted by atomic mass is 35.5. The lowest BCUT2D eigenvalue weighted by atomic mass is 9.97. The first-order valence-corrected chi connectivity index (χ1v) is 13.9. The third-order valence-corrected chi connectivity index (χ3v) is 7.69. The van der Waals surface area contributed by atoms with Crippen LogP contribution < -0.4 is 10.9 Å². The van der Waals surface area contributed by atoms with E-state index in [1.54, 1.807) is 37.3 Å². The van der Waals surface area contributed by atoms with E-state index in [2.05, 4.69) is 30.7 Å². The van der Waals surface area contributed by atoms with Crippen LogP contribution in [0, 0.1) is 17.2 Å². The van der Waals surface area contributed by atoms with Gasteiger partial charge in [0.2, 0.25) is 5.91 Å². The van der Waals surface area contributed by atoms with Crippen LogP contribution in [0.25, 0.3) is 28.2 Å². The number of halogens is 3. The predicted molar refractivity (Wildman–Crippen MR) is 155 cm³/mol. The number of fused-ring (bicyclic) bond motifs is 4. The number of nitrogens with one attached hydrogen (secondary N) is 1. The van der Waals surface area contributed by atoms with Crippen molar-refractivity contribution in [2.45, 2.75) is 38.8 Å². The minimum Gasteiger partial charge on any atom is -0.323 e. The van der Waals surface area contributed by atoms with Crippen molar-refractivity contribution in [3.63, 3.8) is 0 Å². The summed E-state index contributed by atoms with van der Waals surface area (Å²) in [6.07, 6.45) is 6.99. The van der Waals surface area contributed by atoms with E-state index in [1.807, 2.05) is 6.07 Å². The number of alkyl halides is 2. The number of anilines is 1. The van der Waals surface area contributed by atoms with E-state index in [4.69, 9.17) is 16.9 Å². The summed E-state index contributed by atoms with van der Waals surface area (Å²) in [5.41, 5.74) is 2.02. The third kappa shape index (κ3) is 5.45. The van der Waals surface area contributed by atoms with Crippen LogP contribution in [0.5, 0.6) is 0 Å². The Balaban J connectivity index is 1.44. The third-order valence-electron chi connectivity index (χ3n) is 7.46. The predicted octanol–water partition coefficient (Wildman–Crippen LogP) is 5.02. The largest absolute Gasteiger partial charge is 0.333 e. The zero-order valence-corrected chi connectivity index (χ0v) is 23.9. The van der Waals surface area contributed by atoms with Gasteiger partial charge in [-0.25, -0.2) is 14.3 Å². The number of hydrogen-bond acceptors (Lipinski definition) is 8. The molecule has 0 radical (unpaired) electrons. The van der Waals surface area contributed by atoms with Crippen molar-refractivity contribution in [1.29, 1.82) is 5.26 Å². The lowest BCUT2D eigenvalue weighted by Crippen LogP contribution is -2.27. The van der Waals surface area contributed by atoms with Gasteiger partial charge in [0.1, 0.15) is 6.07 Å². The van der Waals surface area contributed by atoms with E-state index in [0.717, 1.165) is 0 Å². The standard InChI is InChI=1S/C29H23ClF2N10O2/c1-16-3-2-4-25(22-9-17(7-8-34-22)27-23(37-28(16)44)13-36-42(27)29(31)32)40-15-35-21(11-26(40)43)20-10-18(30)5-6-24(20)41-14-19(12-33)38-39-41/h5-11,13-16,25,29H,2-4H2,1H3,(H,37,44)/t16-,25+/m1/s1. The van der Waals surface area contributed by atoms with Crippen molar-refractivity contribution in [2.24, 2.45) is 5.92 Å². The van der Waals surface area contributed by atoms with Crippen molar-refractivity contribution < 1.29 is 13.6 Å². The highest BCUT2D eigenvalue weighted by molar-refractivity contribution is 6.31. The average molecular weight is 617 g/mol. The van der Waals surface area contributed by atoms with Gasteiger partial charge in [0.05, 0.1) is 53.2 Å². The molecule has 12 nitrogen and oxygen atoms in total. The van der Waals surface area contributed by atoms with Crippen LogP contribution in [0.4, 0.5) is 14.5 Å². The lowest BCUT2D eigenvalue weighted by molar-refractivity contribution is -0.119. The fourth-order valence-corrected chi connectivity index (χ4v) is 5.41. The number of hydrogen-bond donors (Lipinski definition) is 1. The van der Waals surface area contributed by atoms with Crippen LogP contribution in [0.2, 0.25) is 5.02 Å². The fraction of sp³-hybridized carbons (Fsp3) is 0.241. The molecule has 1 aliphatic rings. The van der Waals surface area contributed by atoms with E-state index in [9.17, 15) is 18.4 Å². The quantitative estimate of drug-likeness (QED) is 0.296. The molecule has 0 spiro atoms. The molecule has 5 aromatic rings. The van der Waals surface area contributed by atoms with Gasteiger partial charge in [-0.3, -0.25) is 19.1 Å². The Morgan fingerprint density at radius 3 is 2.73 bits per heavy atom. The minimum absolute atomic E-state index is 0.0329. The number of amides is 1. The van der Waals surface area contributed by atoms with Gasteiger partial charge < -0.3 is 5.32 Å². The van der Waals surface area contributed by atoms with Crippen LogP contribution in [0.15, 0.2) is 66.1 Å². The number of aromatic nitrogens is 8. The molecule has 6 rings (SSSR count). The van der Waals surface area contributed by atoms with Gasteiger partial charge in [0.15, 0.2) is 5.69 Å². The molecule has 5 heterocycles. The van der Waals surface area contributed by atoms with Gasteiger partial charge >= 0.3 is 6.55 Å². The molecule has 2 atom stereocenters. The van der Waals surface area contributed by atoms with Crippen molar-refractivity contribution in [3.8, 4) is 34.3 Å². The molecule has 1 aliphatic heterocycles. The molecule has 222 valence electrons. The van der Waals surface area contributed by atoms with Crippen molar-refractivity contribution in [2.75, 3.05) is 5.32 Å². The molecule has 4 aromatic heterocycles. The van der Waals surface area contributed by atoms with Crippen LogP contribution in [0.3, 0.4) is 0 Å². The first-order chi connectivity index (χ1) is 21.2. The number of nitrogens with zero attached hydrogens (tertiary/aromatic N) is 9. The zero-order valence-electron chi connectivity index (χ0n) is 23.1. The van der Waals surface area contributed by atoms with E-state index in [0.29, 0.717) is 57.2 Å². The number of carbonyl (C=O) groups is 1. The smallest absolute Gasteiger partial charge is 0.323 e. The number of pyridine rings is 1. The van der Waals surface area contributed by atoms with Gasteiger partial charge in [-0.1, -0.05) is 30.2 Å². The summed E-state index contributed by atoms with van der Waals surface area (Å²) in [6.45, 7) is -1.20. The Morgan fingerprint density at radius 1 is 1.14 bits per heavy atom. The zero-order chi connectivity index (χ0) is 31.0. The molecule has 0 aliphatic carbocycles. The van der Waals surface area contributed by atoms with Gasteiger partial charge in [-0.2, -0.15) is 19.1 Å². The maximum Gasteiger partial charge on any atom is 0.333 e. The van der Waals surface area contributed by atoms with E-state index >= 15 is 0 Å². The molecular formula is C29H23ClF2N10O2. The van der Waals surface area contributed by atoms with Gasteiger partial charge in [0, 0.05) is 34.3 Å². The number of rotatable bonds is 4. The lowest BCUT2D eigenvalue weighted by Gasteiger charge is -2.22. The summed E-state index contributed by atoms with van der Waals surface area (Å²) in [5.74, 6) is -0.748. The number of benzene rings is 1. The molecule has 0 fully saturated rings. The van der Waals surface area contributed by atoms with Gasteiger partial charge in [0.25, 0.3) is 5.56 Å². The average Bonchev–Trinajstić information content (AvgIpc) is 3.67. The normalized spacial score (nSPS) is 16.9. The summed E-state index contributed by atoms with van der Waals surface area (Å²) >= 11 is 6.29. The van der Waals surface area contributed by atoms with Gasteiger partial charge in [-0.05, 0) is 43.2 Å². The van der Waals surface area contributed by atoms with Crippen LogP contribution >= 0.6 is 11.6 Å². The maximum atomic E-state index is 13.9. The molecule has 44 heavy (non-hydrogen) atoms. The monoisotopic (exact) mass is 616 g/mol. The molecule has 0 saturated carbocycles. The number of carbonyl (C=O) groups excluding carboxylic acids is 1. The minimum atomic E-state index is -2.95. The SMILES string of the molecule is C[C@@H]1CCC[C@H](n2cnc(-c3cc(Cl)ccc3-n3cc(C#N)nn3)cc2=O)c2cc(ccn2)-c2c(cnn2C(F)F)NC1=O. The molecule has 15 heteroatoms. The van der Waals surface area contributed by atoms with Crippen molar-refractivity contribution in [1.82, 2.24) is 39.3 Å². The van der Waals surface area contributed by atoms with Crippen LogP contribution in [0.1, 0.15) is 50.2 Å². The summed E-state index contributed by atoms with van der Waals surface area (Å²) in [7, 11) is 0. The van der Waals surface area contributed by atoms with E-state index in [1.165, 1.54) is 40.2 Å². The topological polar surface area (TPSA) is 149 Å². The maximum absolute atomic E-state index is 13.9. The second kappa shape index (κ2) is 11.8. The van der Waals surface area contributed by atoms with Crippen molar-refractivity contribution in [3.05, 3.63) is 88.1 Å². The summed E-state index contributed by atoms with van der Waals surface area (Å²) in [4.78, 5) is 35.7. The van der Waals surface area contributed by atoms with E-state index < -0.39 is 24.1 Å². The highest BCUT2D eigenvalue weighted by Gasteiger charge is 2.26. The Labute approximate surface area is 253 Å². The highest BCUT2D eigenvalue weighted by Crippen LogP contribution is 2.35. The molecule has 1 aromatic carbocycles. The fourth-order valence-electron chi connectivity index (χ4n) is 5.24. The molecule has 0 saturated heterocycles. The Bertz CT molecular complexity index is 1980. The summed E-state index contributed by atoms with van der Waals surface area (Å²) in [6, 6.07) is 10.8. The molecule has 1 amide bonds. The van der Waals surface area contributed by atoms with Crippen LogP contribution in [-0.2, 0) is 4.79 Å². The Morgan fingerprint density at radius 2 is 1.98 bits per heavy atom. The van der Waals surface area contributed by atoms with E-state index in [-0.39, 0.29) is 23.0 Å². The van der Waals surface area contributed by atoms with Crippen LogP contribution in [-0.4, -0.2) is 45.2 Å². The van der Waals surface area contributed by atoms with Gasteiger partial charge in [-0.15, -0.1) is 5.10 Å². The second-order valence-corrected chi connectivity index (χ2v) is 10.7. The summed E-state index contributed by atoms with van der Waals surface area (Å²) in [5, 5.41) is 23.9. The first kappa shape index (κ1) is 28.8. The summed E-state index contributed by atoms with van der Waals surface area (Å²) < 4.78 is 31.2. The molecule has 1 N–H and O–H groups in total. The molecule has 2 bridgehead atoms. The Kier molecular flexibility index (Phi) is 7.71. The first-order valence-electron chi connectivity index (χ1n) is 13.6. The molecular weight excluding hydrogens is 594 g/mol. The Hall–Kier alpha value is -5.29. The second-order valence-electron chi connectivity index (χ2n) is 10.3. The molecule has 0 unspecified atom stereocenters. The number of nitriles is 1. The van der Waals surface area contributed by atoms with Crippen molar-refractivity contribution >= 4 is 23.2 Å².